The highest BCUT2D eigenvalue weighted by Gasteiger charge is 2.25. The first-order valence-corrected chi connectivity index (χ1v) is 5.68. The van der Waals surface area contributed by atoms with Gasteiger partial charge in [0.2, 0.25) is 0 Å². The second-order valence-electron chi connectivity index (χ2n) is 3.97. The summed E-state index contributed by atoms with van der Waals surface area (Å²) < 4.78 is 40.6. The number of ether oxygens (including phenoxy) is 1. The standard InChI is InChI=1S/C10H19F3N2O/c11-10(12,13)8-15-6-5-14-4-3-9-2-1-7-16-9/h9,14-15H,1-8H2. The van der Waals surface area contributed by atoms with Gasteiger partial charge in [0.15, 0.2) is 0 Å². The fourth-order valence-electron chi connectivity index (χ4n) is 1.67. The van der Waals surface area contributed by atoms with Crippen molar-refractivity contribution in [2.45, 2.75) is 31.5 Å². The molecule has 0 bridgehead atoms. The van der Waals surface area contributed by atoms with E-state index in [-0.39, 0.29) is 0 Å². The van der Waals surface area contributed by atoms with Gasteiger partial charge in [-0.1, -0.05) is 0 Å². The predicted octanol–water partition coefficient (Wildman–Crippen LogP) is 1.30. The van der Waals surface area contributed by atoms with Gasteiger partial charge in [-0.2, -0.15) is 13.2 Å². The molecule has 1 aliphatic heterocycles. The van der Waals surface area contributed by atoms with E-state index in [2.05, 4.69) is 10.6 Å². The highest BCUT2D eigenvalue weighted by atomic mass is 19.4. The predicted molar refractivity (Wildman–Crippen MR) is 55.4 cm³/mol. The maximum atomic E-state index is 11.7. The molecule has 0 aromatic carbocycles. The summed E-state index contributed by atoms with van der Waals surface area (Å²) in [6, 6.07) is 0. The molecule has 1 unspecified atom stereocenters. The zero-order chi connectivity index (χ0) is 11.9. The lowest BCUT2D eigenvalue weighted by molar-refractivity contribution is -0.124. The molecule has 1 aliphatic rings. The van der Waals surface area contributed by atoms with Gasteiger partial charge in [0, 0.05) is 19.7 Å². The third-order valence-corrected chi connectivity index (χ3v) is 2.47. The zero-order valence-electron chi connectivity index (χ0n) is 9.28. The Morgan fingerprint density at radius 2 is 1.88 bits per heavy atom. The van der Waals surface area contributed by atoms with E-state index in [9.17, 15) is 13.2 Å². The van der Waals surface area contributed by atoms with Crippen LogP contribution >= 0.6 is 0 Å². The van der Waals surface area contributed by atoms with Gasteiger partial charge in [0.1, 0.15) is 0 Å². The molecule has 1 atom stereocenters. The van der Waals surface area contributed by atoms with Gasteiger partial charge in [-0.3, -0.25) is 0 Å². The minimum atomic E-state index is -4.11. The van der Waals surface area contributed by atoms with Gasteiger partial charge >= 0.3 is 6.18 Å². The third-order valence-electron chi connectivity index (χ3n) is 2.47. The second kappa shape index (κ2) is 7.09. The molecule has 0 spiro atoms. The maximum Gasteiger partial charge on any atom is 0.401 e. The summed E-state index contributed by atoms with van der Waals surface area (Å²) in [7, 11) is 0. The summed E-state index contributed by atoms with van der Waals surface area (Å²) in [5, 5.41) is 5.42. The van der Waals surface area contributed by atoms with Crippen molar-refractivity contribution in [3.05, 3.63) is 0 Å². The third kappa shape index (κ3) is 7.03. The molecule has 0 aliphatic carbocycles. The quantitative estimate of drug-likeness (QED) is 0.658. The molecule has 3 nitrogen and oxygen atoms in total. The topological polar surface area (TPSA) is 33.3 Å². The molecule has 2 N–H and O–H groups in total. The van der Waals surface area contributed by atoms with Crippen molar-refractivity contribution in [2.24, 2.45) is 0 Å². The molecule has 0 aromatic rings. The monoisotopic (exact) mass is 240 g/mol. The van der Waals surface area contributed by atoms with Gasteiger partial charge in [-0.15, -0.1) is 0 Å². The van der Waals surface area contributed by atoms with E-state index in [4.69, 9.17) is 4.74 Å². The van der Waals surface area contributed by atoms with Crippen molar-refractivity contribution in [3.8, 4) is 0 Å². The van der Waals surface area contributed by atoms with Crippen molar-refractivity contribution >= 4 is 0 Å². The van der Waals surface area contributed by atoms with Gasteiger partial charge < -0.3 is 15.4 Å². The van der Waals surface area contributed by atoms with Crippen LogP contribution in [-0.2, 0) is 4.74 Å². The molecule has 1 fully saturated rings. The van der Waals surface area contributed by atoms with E-state index in [0.717, 1.165) is 32.4 Å². The van der Waals surface area contributed by atoms with Crippen LogP contribution in [0.3, 0.4) is 0 Å². The van der Waals surface area contributed by atoms with Crippen LogP contribution in [0.25, 0.3) is 0 Å². The summed E-state index contributed by atoms with van der Waals surface area (Å²) in [6.45, 7) is 1.63. The minimum absolute atomic E-state index is 0.338. The molecular weight excluding hydrogens is 221 g/mol. The lowest BCUT2D eigenvalue weighted by Gasteiger charge is -2.11. The molecule has 0 aromatic heterocycles. The van der Waals surface area contributed by atoms with Crippen LogP contribution in [-0.4, -0.2) is 45.1 Å². The van der Waals surface area contributed by atoms with Crippen LogP contribution in [0, 0.1) is 0 Å². The number of alkyl halides is 3. The first-order chi connectivity index (χ1) is 7.58. The summed E-state index contributed by atoms with van der Waals surface area (Å²) in [5.74, 6) is 0. The fourth-order valence-corrected chi connectivity index (χ4v) is 1.67. The second-order valence-corrected chi connectivity index (χ2v) is 3.97. The Balaban J connectivity index is 1.81. The summed E-state index contributed by atoms with van der Waals surface area (Å²) in [4.78, 5) is 0. The average molecular weight is 240 g/mol. The maximum absolute atomic E-state index is 11.7. The van der Waals surface area contributed by atoms with Crippen LogP contribution in [0.4, 0.5) is 13.2 Å². The van der Waals surface area contributed by atoms with Crippen LogP contribution in [0.1, 0.15) is 19.3 Å². The van der Waals surface area contributed by atoms with Gasteiger partial charge in [0.25, 0.3) is 0 Å². The molecule has 1 rings (SSSR count). The highest BCUT2D eigenvalue weighted by Crippen LogP contribution is 2.14. The van der Waals surface area contributed by atoms with E-state index < -0.39 is 12.7 Å². The molecule has 6 heteroatoms. The Hall–Kier alpha value is -0.330. The van der Waals surface area contributed by atoms with Gasteiger partial charge in [-0.05, 0) is 25.8 Å². The molecular formula is C10H19F3N2O. The first-order valence-electron chi connectivity index (χ1n) is 5.68. The van der Waals surface area contributed by atoms with Gasteiger partial charge in [0.05, 0.1) is 12.6 Å². The van der Waals surface area contributed by atoms with E-state index in [1.54, 1.807) is 0 Å². The molecule has 0 saturated carbocycles. The molecule has 16 heavy (non-hydrogen) atoms. The lowest BCUT2D eigenvalue weighted by Crippen LogP contribution is -2.34. The number of nitrogens with one attached hydrogen (secondary N) is 2. The van der Waals surface area contributed by atoms with Crippen LogP contribution in [0.5, 0.6) is 0 Å². The van der Waals surface area contributed by atoms with E-state index in [0.29, 0.717) is 19.2 Å². The van der Waals surface area contributed by atoms with E-state index >= 15 is 0 Å². The van der Waals surface area contributed by atoms with Crippen LogP contribution in [0.15, 0.2) is 0 Å². The average Bonchev–Trinajstić information content (AvgIpc) is 2.67. The number of rotatable bonds is 7. The van der Waals surface area contributed by atoms with E-state index in [1.807, 2.05) is 0 Å². The molecule has 96 valence electrons. The minimum Gasteiger partial charge on any atom is -0.378 e. The first kappa shape index (κ1) is 13.7. The van der Waals surface area contributed by atoms with Gasteiger partial charge in [-0.25, -0.2) is 0 Å². The molecule has 1 saturated heterocycles. The Bertz CT molecular complexity index is 181. The Morgan fingerprint density at radius 1 is 1.12 bits per heavy atom. The largest absolute Gasteiger partial charge is 0.401 e. The summed E-state index contributed by atoms with van der Waals surface area (Å²) >= 11 is 0. The molecule has 0 amide bonds. The smallest absolute Gasteiger partial charge is 0.378 e. The van der Waals surface area contributed by atoms with Crippen molar-refractivity contribution < 1.29 is 17.9 Å². The fraction of sp³-hybridized carbons (Fsp3) is 1.00. The van der Waals surface area contributed by atoms with Crippen LogP contribution < -0.4 is 10.6 Å². The van der Waals surface area contributed by atoms with Crippen molar-refractivity contribution in [2.75, 3.05) is 32.8 Å². The molecule has 1 heterocycles. The highest BCUT2D eigenvalue weighted by molar-refractivity contribution is 4.66. The molecule has 0 radical (unpaired) electrons. The van der Waals surface area contributed by atoms with Crippen LogP contribution in [0.2, 0.25) is 0 Å². The van der Waals surface area contributed by atoms with Crippen molar-refractivity contribution in [1.29, 1.82) is 0 Å². The van der Waals surface area contributed by atoms with Crippen molar-refractivity contribution in [1.82, 2.24) is 10.6 Å². The normalized spacial score (nSPS) is 21.6. The number of hydrogen-bond acceptors (Lipinski definition) is 3. The summed E-state index contributed by atoms with van der Waals surface area (Å²) in [6.07, 6.45) is -0.599. The number of hydrogen-bond donors (Lipinski definition) is 2. The Labute approximate surface area is 93.7 Å². The van der Waals surface area contributed by atoms with E-state index in [1.165, 1.54) is 0 Å². The lowest BCUT2D eigenvalue weighted by atomic mass is 10.2. The Morgan fingerprint density at radius 3 is 2.50 bits per heavy atom. The summed E-state index contributed by atoms with van der Waals surface area (Å²) in [5.41, 5.74) is 0. The zero-order valence-corrected chi connectivity index (χ0v) is 9.28. The van der Waals surface area contributed by atoms with Crippen molar-refractivity contribution in [3.63, 3.8) is 0 Å². The number of halogens is 3. The Kier molecular flexibility index (Phi) is 6.08. The SMILES string of the molecule is FC(F)(F)CNCCNCCC1CCCO1.